The smallest absolute Gasteiger partial charge is 0.253 e. The van der Waals surface area contributed by atoms with Crippen molar-refractivity contribution in [1.29, 1.82) is 0 Å². The first-order valence-electron chi connectivity index (χ1n) is 11.6. The van der Waals surface area contributed by atoms with Crippen molar-refractivity contribution in [3.05, 3.63) is 65.7 Å². The predicted molar refractivity (Wildman–Crippen MR) is 129 cm³/mol. The molecule has 1 fully saturated rings. The number of nitrogens with zero attached hydrogens (tertiary/aromatic N) is 1. The lowest BCUT2D eigenvalue weighted by Crippen LogP contribution is -2.54. The fourth-order valence-corrected chi connectivity index (χ4v) is 4.10. The van der Waals surface area contributed by atoms with E-state index in [1.165, 1.54) is 0 Å². The van der Waals surface area contributed by atoms with Crippen molar-refractivity contribution >= 4 is 17.7 Å². The van der Waals surface area contributed by atoms with Crippen LogP contribution >= 0.6 is 0 Å². The largest absolute Gasteiger partial charge is 0.497 e. The second-order valence-corrected chi connectivity index (χ2v) is 8.31. The van der Waals surface area contributed by atoms with E-state index in [9.17, 15) is 14.4 Å². The SMILES string of the molecule is COCCCNC(=O)C(NC(=O)c1ccccc1)C1CCN(C(=O)c2ccc(OC)cc2)CC1. The molecule has 0 bridgehead atoms. The van der Waals surface area contributed by atoms with Gasteiger partial charge in [0, 0.05) is 44.5 Å². The summed E-state index contributed by atoms with van der Waals surface area (Å²) in [4.78, 5) is 40.5. The molecule has 1 aliphatic rings. The molecular formula is C26H33N3O5. The third kappa shape index (κ3) is 6.81. The summed E-state index contributed by atoms with van der Waals surface area (Å²) in [6, 6.07) is 15.2. The molecule has 0 spiro atoms. The molecule has 2 aromatic rings. The first kappa shape index (κ1) is 25.2. The van der Waals surface area contributed by atoms with Crippen molar-refractivity contribution < 1.29 is 23.9 Å². The first-order valence-corrected chi connectivity index (χ1v) is 11.6. The summed E-state index contributed by atoms with van der Waals surface area (Å²) in [7, 11) is 3.20. The van der Waals surface area contributed by atoms with Gasteiger partial charge in [0.25, 0.3) is 11.8 Å². The lowest BCUT2D eigenvalue weighted by atomic mass is 9.88. The topological polar surface area (TPSA) is 97.0 Å². The number of amides is 3. The van der Waals surface area contributed by atoms with Crippen LogP contribution in [-0.2, 0) is 9.53 Å². The summed E-state index contributed by atoms with van der Waals surface area (Å²) in [5, 5.41) is 5.85. The van der Waals surface area contributed by atoms with Crippen LogP contribution in [0.5, 0.6) is 5.75 Å². The number of nitrogens with one attached hydrogen (secondary N) is 2. The Kier molecular flexibility index (Phi) is 9.46. The molecule has 1 saturated heterocycles. The van der Waals surface area contributed by atoms with Gasteiger partial charge in [-0.2, -0.15) is 0 Å². The highest BCUT2D eigenvalue weighted by Crippen LogP contribution is 2.23. The first-order chi connectivity index (χ1) is 16.5. The van der Waals surface area contributed by atoms with Gasteiger partial charge in [-0.1, -0.05) is 18.2 Å². The number of hydrogen-bond acceptors (Lipinski definition) is 5. The molecule has 34 heavy (non-hydrogen) atoms. The van der Waals surface area contributed by atoms with Crippen LogP contribution in [0.2, 0.25) is 0 Å². The average Bonchev–Trinajstić information content (AvgIpc) is 2.89. The van der Waals surface area contributed by atoms with Gasteiger partial charge in [0.1, 0.15) is 11.8 Å². The van der Waals surface area contributed by atoms with Crippen LogP contribution < -0.4 is 15.4 Å². The summed E-state index contributed by atoms with van der Waals surface area (Å²) in [6.45, 7) is 2.06. The van der Waals surface area contributed by atoms with Crippen LogP contribution in [0.1, 0.15) is 40.0 Å². The Labute approximate surface area is 200 Å². The Balaban J connectivity index is 1.64. The summed E-state index contributed by atoms with van der Waals surface area (Å²) < 4.78 is 10.2. The van der Waals surface area contributed by atoms with Crippen LogP contribution in [0.3, 0.4) is 0 Å². The van der Waals surface area contributed by atoms with Crippen molar-refractivity contribution in [3.63, 3.8) is 0 Å². The fraction of sp³-hybridized carbons (Fsp3) is 0.423. The Morgan fingerprint density at radius 1 is 0.971 bits per heavy atom. The van der Waals surface area contributed by atoms with Crippen LogP contribution in [0.4, 0.5) is 0 Å². The summed E-state index contributed by atoms with van der Waals surface area (Å²) in [5.41, 5.74) is 1.11. The van der Waals surface area contributed by atoms with Gasteiger partial charge in [-0.3, -0.25) is 14.4 Å². The Bertz CT molecular complexity index is 941. The van der Waals surface area contributed by atoms with E-state index in [1.807, 2.05) is 6.07 Å². The number of ether oxygens (including phenoxy) is 2. The average molecular weight is 468 g/mol. The highest BCUT2D eigenvalue weighted by atomic mass is 16.5. The summed E-state index contributed by atoms with van der Waals surface area (Å²) in [6.07, 6.45) is 1.93. The molecule has 1 heterocycles. The number of piperidine rings is 1. The van der Waals surface area contributed by atoms with Crippen LogP contribution in [-0.4, -0.2) is 69.1 Å². The molecule has 2 aromatic carbocycles. The minimum Gasteiger partial charge on any atom is -0.497 e. The van der Waals surface area contributed by atoms with Crippen molar-refractivity contribution in [2.24, 2.45) is 5.92 Å². The van der Waals surface area contributed by atoms with Gasteiger partial charge in [-0.25, -0.2) is 0 Å². The second-order valence-electron chi connectivity index (χ2n) is 8.31. The van der Waals surface area contributed by atoms with E-state index in [4.69, 9.17) is 9.47 Å². The maximum absolute atomic E-state index is 13.0. The quantitative estimate of drug-likeness (QED) is 0.524. The fourth-order valence-electron chi connectivity index (χ4n) is 4.10. The molecule has 3 amide bonds. The molecule has 0 aliphatic carbocycles. The van der Waals surface area contributed by atoms with E-state index in [2.05, 4.69) is 10.6 Å². The van der Waals surface area contributed by atoms with Crippen LogP contribution in [0, 0.1) is 5.92 Å². The maximum atomic E-state index is 13.0. The Morgan fingerprint density at radius 2 is 1.65 bits per heavy atom. The Morgan fingerprint density at radius 3 is 2.26 bits per heavy atom. The zero-order valence-electron chi connectivity index (χ0n) is 19.8. The minimum absolute atomic E-state index is 0.0463. The normalized spacial score (nSPS) is 14.8. The molecule has 1 atom stereocenters. The lowest BCUT2D eigenvalue weighted by molar-refractivity contribution is -0.124. The van der Waals surface area contributed by atoms with Crippen molar-refractivity contribution in [2.45, 2.75) is 25.3 Å². The van der Waals surface area contributed by atoms with Crippen molar-refractivity contribution in [1.82, 2.24) is 15.5 Å². The molecule has 8 heteroatoms. The van der Waals surface area contributed by atoms with E-state index in [0.29, 0.717) is 62.4 Å². The van der Waals surface area contributed by atoms with Gasteiger partial charge in [0.05, 0.1) is 7.11 Å². The van der Waals surface area contributed by atoms with Crippen LogP contribution in [0.25, 0.3) is 0 Å². The highest BCUT2D eigenvalue weighted by molar-refractivity contribution is 5.97. The van der Waals surface area contributed by atoms with Gasteiger partial charge >= 0.3 is 0 Å². The number of methoxy groups -OCH3 is 2. The van der Waals surface area contributed by atoms with E-state index >= 15 is 0 Å². The van der Waals surface area contributed by atoms with Gasteiger partial charge < -0.3 is 25.0 Å². The van der Waals surface area contributed by atoms with E-state index < -0.39 is 6.04 Å². The number of carbonyl (C=O) groups excluding carboxylic acids is 3. The van der Waals surface area contributed by atoms with Gasteiger partial charge in [-0.05, 0) is 61.6 Å². The molecule has 182 valence electrons. The number of rotatable bonds is 10. The molecule has 0 radical (unpaired) electrons. The molecular weight excluding hydrogens is 434 g/mol. The van der Waals surface area contributed by atoms with Gasteiger partial charge in [0.15, 0.2) is 0 Å². The summed E-state index contributed by atoms with van der Waals surface area (Å²) >= 11 is 0. The van der Waals surface area contributed by atoms with E-state index in [0.717, 1.165) is 0 Å². The number of likely N-dealkylation sites (tertiary alicyclic amines) is 1. The lowest BCUT2D eigenvalue weighted by Gasteiger charge is -2.36. The zero-order valence-corrected chi connectivity index (χ0v) is 19.8. The van der Waals surface area contributed by atoms with Crippen LogP contribution in [0.15, 0.2) is 54.6 Å². The number of hydrogen-bond donors (Lipinski definition) is 2. The molecule has 3 rings (SSSR count). The minimum atomic E-state index is -0.673. The Hall–Kier alpha value is -3.39. The molecule has 8 nitrogen and oxygen atoms in total. The molecule has 1 aliphatic heterocycles. The standard InChI is InChI=1S/C26H33N3O5/c1-33-18-6-15-27-25(31)23(28-24(30)20-7-4-3-5-8-20)19-13-16-29(17-14-19)26(32)21-9-11-22(34-2)12-10-21/h3-5,7-12,19,23H,6,13-18H2,1-2H3,(H,27,31)(H,28,30). The monoisotopic (exact) mass is 467 g/mol. The van der Waals surface area contributed by atoms with Gasteiger partial charge in [-0.15, -0.1) is 0 Å². The molecule has 2 N–H and O–H groups in total. The maximum Gasteiger partial charge on any atom is 0.253 e. The van der Waals surface area contributed by atoms with Gasteiger partial charge in [0.2, 0.25) is 5.91 Å². The van der Waals surface area contributed by atoms with E-state index in [-0.39, 0.29) is 23.6 Å². The third-order valence-electron chi connectivity index (χ3n) is 6.06. The van der Waals surface area contributed by atoms with Crippen molar-refractivity contribution in [2.75, 3.05) is 40.5 Å². The summed E-state index contributed by atoms with van der Waals surface area (Å²) in [5.74, 6) is 0.0865. The molecule has 0 aromatic heterocycles. The molecule has 1 unspecified atom stereocenters. The number of carbonyl (C=O) groups is 3. The molecule has 0 saturated carbocycles. The predicted octanol–water partition coefficient (Wildman–Crippen LogP) is 2.50. The number of benzene rings is 2. The van der Waals surface area contributed by atoms with Crippen molar-refractivity contribution in [3.8, 4) is 5.75 Å². The zero-order chi connectivity index (χ0) is 24.3. The van der Waals surface area contributed by atoms with E-state index in [1.54, 1.807) is 67.7 Å². The third-order valence-corrected chi connectivity index (χ3v) is 6.06. The highest BCUT2D eigenvalue weighted by Gasteiger charge is 2.34. The second kappa shape index (κ2) is 12.7.